The number of pyridine rings is 1. The largest absolute Gasteiger partial charge is 0.391 e. The quantitative estimate of drug-likeness (QED) is 0.819. The van der Waals surface area contributed by atoms with Gasteiger partial charge in [0.2, 0.25) is 10.0 Å². The van der Waals surface area contributed by atoms with E-state index in [-0.39, 0.29) is 17.3 Å². The highest BCUT2D eigenvalue weighted by molar-refractivity contribution is 7.89. The van der Waals surface area contributed by atoms with Crippen molar-refractivity contribution in [1.29, 1.82) is 0 Å². The van der Waals surface area contributed by atoms with Crippen molar-refractivity contribution in [1.82, 2.24) is 14.6 Å². The van der Waals surface area contributed by atoms with Crippen molar-refractivity contribution < 1.29 is 18.3 Å². The number of benzene rings is 1. The second-order valence-electron chi connectivity index (χ2n) is 5.90. The molecule has 0 bridgehead atoms. The molecule has 1 aromatic heterocycles. The number of hydrogen-bond donors (Lipinski definition) is 2. The summed E-state index contributed by atoms with van der Waals surface area (Å²) in [5, 5.41) is 9.51. The predicted octanol–water partition coefficient (Wildman–Crippen LogP) is 0.767. The van der Waals surface area contributed by atoms with E-state index in [1.807, 2.05) is 0 Å². The van der Waals surface area contributed by atoms with Crippen LogP contribution in [0.2, 0.25) is 0 Å². The van der Waals surface area contributed by atoms with Crippen molar-refractivity contribution in [2.45, 2.75) is 24.0 Å². The molecule has 132 valence electrons. The molecule has 1 saturated heterocycles. The van der Waals surface area contributed by atoms with Gasteiger partial charge in [-0.3, -0.25) is 9.78 Å². The number of β-amino-alcohol motifs (C(OH)–C–C–N with tert-alkyl or cyclic N) is 1. The van der Waals surface area contributed by atoms with E-state index in [0.717, 1.165) is 5.56 Å². The highest BCUT2D eigenvalue weighted by Gasteiger charge is 2.25. The minimum absolute atomic E-state index is 0.0920. The normalized spacial score (nSPS) is 17.6. The number of hydrogen-bond acceptors (Lipinski definition) is 5. The summed E-state index contributed by atoms with van der Waals surface area (Å²) in [6, 6.07) is 9.31. The fourth-order valence-corrected chi connectivity index (χ4v) is 3.67. The molecule has 25 heavy (non-hydrogen) atoms. The Kier molecular flexibility index (Phi) is 5.12. The van der Waals surface area contributed by atoms with Gasteiger partial charge in [-0.25, -0.2) is 13.1 Å². The molecule has 7 nitrogen and oxygen atoms in total. The van der Waals surface area contributed by atoms with Crippen LogP contribution in [0.5, 0.6) is 0 Å². The standard InChI is InChI=1S/C17H19N3O4S/c21-15-7-9-20(12-15)17(22)14-3-5-16(6-4-14)25(23,24)19-11-13-2-1-8-18-10-13/h1-6,8,10,15,19,21H,7,9,11-12H2/t15-/m1/s1. The zero-order chi connectivity index (χ0) is 17.9. The fraction of sp³-hybridized carbons (Fsp3) is 0.294. The highest BCUT2D eigenvalue weighted by Crippen LogP contribution is 2.16. The summed E-state index contributed by atoms with van der Waals surface area (Å²) >= 11 is 0. The Labute approximate surface area is 146 Å². The van der Waals surface area contributed by atoms with Crippen LogP contribution in [0, 0.1) is 0 Å². The molecule has 2 N–H and O–H groups in total. The lowest BCUT2D eigenvalue weighted by atomic mass is 10.2. The first kappa shape index (κ1) is 17.5. The smallest absolute Gasteiger partial charge is 0.253 e. The van der Waals surface area contributed by atoms with Crippen LogP contribution in [0.4, 0.5) is 0 Å². The first-order valence-electron chi connectivity index (χ1n) is 7.92. The van der Waals surface area contributed by atoms with Crippen LogP contribution in [0.1, 0.15) is 22.3 Å². The number of aliphatic hydroxyl groups is 1. The third-order valence-corrected chi connectivity index (χ3v) is 5.47. The maximum absolute atomic E-state index is 12.3. The summed E-state index contributed by atoms with van der Waals surface area (Å²) in [6.07, 6.45) is 3.29. The third kappa shape index (κ3) is 4.22. The SMILES string of the molecule is O=C(c1ccc(S(=O)(=O)NCc2cccnc2)cc1)N1CC[C@@H](O)C1. The second kappa shape index (κ2) is 7.30. The number of aromatic nitrogens is 1. The van der Waals surface area contributed by atoms with Gasteiger partial charge in [-0.05, 0) is 42.3 Å². The van der Waals surface area contributed by atoms with E-state index >= 15 is 0 Å². The minimum Gasteiger partial charge on any atom is -0.391 e. The van der Waals surface area contributed by atoms with Crippen molar-refractivity contribution in [3.8, 4) is 0 Å². The second-order valence-corrected chi connectivity index (χ2v) is 7.67. The van der Waals surface area contributed by atoms with E-state index < -0.39 is 16.1 Å². The molecular formula is C17H19N3O4S. The molecule has 0 spiro atoms. The van der Waals surface area contributed by atoms with Gasteiger partial charge in [-0.2, -0.15) is 0 Å². The number of sulfonamides is 1. The van der Waals surface area contributed by atoms with Gasteiger partial charge in [0, 0.05) is 37.6 Å². The average molecular weight is 361 g/mol. The van der Waals surface area contributed by atoms with E-state index in [1.165, 1.54) is 24.3 Å². The zero-order valence-electron chi connectivity index (χ0n) is 13.5. The van der Waals surface area contributed by atoms with Crippen LogP contribution in [-0.4, -0.2) is 48.5 Å². The zero-order valence-corrected chi connectivity index (χ0v) is 14.3. The van der Waals surface area contributed by atoms with Gasteiger partial charge < -0.3 is 10.0 Å². The van der Waals surface area contributed by atoms with Gasteiger partial charge >= 0.3 is 0 Å². The molecule has 1 amide bonds. The topological polar surface area (TPSA) is 99.6 Å². The molecule has 1 fully saturated rings. The van der Waals surface area contributed by atoms with E-state index in [1.54, 1.807) is 29.4 Å². The summed E-state index contributed by atoms with van der Waals surface area (Å²) in [5.41, 5.74) is 1.16. The summed E-state index contributed by atoms with van der Waals surface area (Å²) < 4.78 is 27.2. The highest BCUT2D eigenvalue weighted by atomic mass is 32.2. The number of nitrogens with one attached hydrogen (secondary N) is 1. The Morgan fingerprint density at radius 2 is 2.04 bits per heavy atom. The summed E-state index contributed by atoms with van der Waals surface area (Å²) in [4.78, 5) is 17.9. The van der Waals surface area contributed by atoms with E-state index in [0.29, 0.717) is 25.1 Å². The van der Waals surface area contributed by atoms with Crippen LogP contribution in [0.25, 0.3) is 0 Å². The predicted molar refractivity (Wildman–Crippen MR) is 91.2 cm³/mol. The molecule has 3 rings (SSSR count). The van der Waals surface area contributed by atoms with Crippen molar-refractivity contribution in [3.05, 3.63) is 59.9 Å². The molecule has 0 unspecified atom stereocenters. The lowest BCUT2D eigenvalue weighted by Gasteiger charge is -2.15. The first-order chi connectivity index (χ1) is 12.0. The Balaban J connectivity index is 1.67. The number of rotatable bonds is 5. The van der Waals surface area contributed by atoms with Crippen LogP contribution >= 0.6 is 0 Å². The lowest BCUT2D eigenvalue weighted by Crippen LogP contribution is -2.29. The molecule has 0 radical (unpaired) electrons. The summed E-state index contributed by atoms with van der Waals surface area (Å²) in [7, 11) is -3.67. The van der Waals surface area contributed by atoms with Gasteiger partial charge in [-0.1, -0.05) is 6.07 Å². The molecule has 0 saturated carbocycles. The van der Waals surface area contributed by atoms with Gasteiger partial charge in [-0.15, -0.1) is 0 Å². The average Bonchev–Trinajstić information content (AvgIpc) is 3.07. The van der Waals surface area contributed by atoms with Gasteiger partial charge in [0.25, 0.3) is 5.91 Å². The van der Waals surface area contributed by atoms with Crippen molar-refractivity contribution in [2.75, 3.05) is 13.1 Å². The summed E-state index contributed by atoms with van der Waals surface area (Å²) in [6.45, 7) is 0.959. The molecule has 1 atom stereocenters. The molecule has 1 aliphatic heterocycles. The summed E-state index contributed by atoms with van der Waals surface area (Å²) in [5.74, 6) is -0.205. The molecule has 2 heterocycles. The Morgan fingerprint density at radius 1 is 1.28 bits per heavy atom. The molecule has 2 aromatic rings. The van der Waals surface area contributed by atoms with Crippen molar-refractivity contribution in [3.63, 3.8) is 0 Å². The fourth-order valence-electron chi connectivity index (χ4n) is 2.65. The van der Waals surface area contributed by atoms with E-state index in [4.69, 9.17) is 0 Å². The minimum atomic E-state index is -3.67. The first-order valence-corrected chi connectivity index (χ1v) is 9.40. The number of likely N-dealkylation sites (tertiary alicyclic amines) is 1. The molecule has 0 aliphatic carbocycles. The Morgan fingerprint density at radius 3 is 2.64 bits per heavy atom. The van der Waals surface area contributed by atoms with Crippen LogP contribution in [-0.2, 0) is 16.6 Å². The number of nitrogens with zero attached hydrogens (tertiary/aromatic N) is 2. The van der Waals surface area contributed by atoms with Crippen LogP contribution < -0.4 is 4.72 Å². The van der Waals surface area contributed by atoms with Crippen molar-refractivity contribution in [2.24, 2.45) is 0 Å². The Hall–Kier alpha value is -2.29. The molecular weight excluding hydrogens is 342 g/mol. The van der Waals surface area contributed by atoms with Crippen LogP contribution in [0.15, 0.2) is 53.7 Å². The number of carbonyl (C=O) groups excluding carboxylic acids is 1. The van der Waals surface area contributed by atoms with E-state index in [9.17, 15) is 18.3 Å². The molecule has 1 aliphatic rings. The van der Waals surface area contributed by atoms with Crippen molar-refractivity contribution >= 4 is 15.9 Å². The lowest BCUT2D eigenvalue weighted by molar-refractivity contribution is 0.0765. The van der Waals surface area contributed by atoms with E-state index in [2.05, 4.69) is 9.71 Å². The Bertz CT molecular complexity index is 838. The number of carbonyl (C=O) groups is 1. The third-order valence-electron chi connectivity index (χ3n) is 4.05. The van der Waals surface area contributed by atoms with Gasteiger partial charge in [0.05, 0.1) is 11.0 Å². The molecule has 8 heteroatoms. The maximum Gasteiger partial charge on any atom is 0.253 e. The monoisotopic (exact) mass is 361 g/mol. The number of aliphatic hydroxyl groups excluding tert-OH is 1. The molecule has 1 aromatic carbocycles. The van der Waals surface area contributed by atoms with Crippen LogP contribution in [0.3, 0.4) is 0 Å². The van der Waals surface area contributed by atoms with Gasteiger partial charge in [0.1, 0.15) is 0 Å². The maximum atomic E-state index is 12.3. The van der Waals surface area contributed by atoms with Gasteiger partial charge in [0.15, 0.2) is 0 Å². The number of amides is 1.